The number of phenols is 1. The van der Waals surface area contributed by atoms with Crippen molar-refractivity contribution in [3.8, 4) is 5.75 Å². The maximum atomic E-state index is 12.2. The molecule has 0 aromatic heterocycles. The molecule has 1 aromatic rings. The minimum absolute atomic E-state index is 0.146. The van der Waals surface area contributed by atoms with Gasteiger partial charge in [-0.2, -0.15) is 13.2 Å². The summed E-state index contributed by atoms with van der Waals surface area (Å²) < 4.78 is 36.7. The fourth-order valence-electron chi connectivity index (χ4n) is 1.02. The first-order valence-electron chi connectivity index (χ1n) is 3.49. The van der Waals surface area contributed by atoms with Crippen molar-refractivity contribution in [1.29, 1.82) is 0 Å². The molecule has 0 fully saturated rings. The lowest BCUT2D eigenvalue weighted by Crippen LogP contribution is -2.08. The van der Waals surface area contributed by atoms with E-state index in [1.807, 2.05) is 0 Å². The number of anilines is 1. The van der Waals surface area contributed by atoms with Gasteiger partial charge in [-0.15, -0.1) is 0 Å². The van der Waals surface area contributed by atoms with Gasteiger partial charge in [0, 0.05) is 0 Å². The lowest BCUT2D eigenvalue weighted by Gasteiger charge is -2.12. The topological polar surface area (TPSA) is 46.2 Å². The minimum Gasteiger partial charge on any atom is -0.506 e. The third-order valence-corrected chi connectivity index (χ3v) is 1.80. The molecule has 0 atom stereocenters. The molecule has 0 spiro atoms. The van der Waals surface area contributed by atoms with Crippen molar-refractivity contribution < 1.29 is 18.3 Å². The highest BCUT2D eigenvalue weighted by atomic mass is 19.4. The zero-order chi connectivity index (χ0) is 10.2. The quantitative estimate of drug-likeness (QED) is 0.488. The zero-order valence-corrected chi connectivity index (χ0v) is 6.81. The number of alkyl halides is 3. The summed E-state index contributed by atoms with van der Waals surface area (Å²) in [6.07, 6.45) is -4.42. The molecule has 0 aliphatic heterocycles. The highest BCUT2D eigenvalue weighted by molar-refractivity contribution is 5.60. The van der Waals surface area contributed by atoms with Gasteiger partial charge in [0.05, 0.1) is 11.3 Å². The summed E-state index contributed by atoms with van der Waals surface area (Å²) in [5, 5.41) is 9.00. The van der Waals surface area contributed by atoms with E-state index in [2.05, 4.69) is 0 Å². The van der Waals surface area contributed by atoms with Gasteiger partial charge in [0.1, 0.15) is 5.75 Å². The van der Waals surface area contributed by atoms with Gasteiger partial charge < -0.3 is 10.8 Å². The van der Waals surface area contributed by atoms with Crippen LogP contribution in [0.5, 0.6) is 5.75 Å². The second-order valence-electron chi connectivity index (χ2n) is 2.67. The van der Waals surface area contributed by atoms with Crippen molar-refractivity contribution in [2.24, 2.45) is 0 Å². The summed E-state index contributed by atoms with van der Waals surface area (Å²) in [6.45, 7) is 1.22. The Hall–Kier alpha value is -1.39. The summed E-state index contributed by atoms with van der Waals surface area (Å²) >= 11 is 0. The number of halogens is 3. The number of hydrogen-bond acceptors (Lipinski definition) is 2. The van der Waals surface area contributed by atoms with Gasteiger partial charge in [-0.25, -0.2) is 0 Å². The van der Waals surface area contributed by atoms with Crippen molar-refractivity contribution in [2.75, 3.05) is 5.73 Å². The molecule has 2 nitrogen and oxygen atoms in total. The van der Waals surface area contributed by atoms with Gasteiger partial charge in [0.2, 0.25) is 0 Å². The third-order valence-electron chi connectivity index (χ3n) is 1.80. The number of aromatic hydroxyl groups is 1. The van der Waals surface area contributed by atoms with Gasteiger partial charge in [0.15, 0.2) is 0 Å². The van der Waals surface area contributed by atoms with E-state index in [9.17, 15) is 13.2 Å². The molecule has 13 heavy (non-hydrogen) atoms. The molecule has 0 saturated heterocycles. The molecule has 5 heteroatoms. The number of rotatable bonds is 0. The SMILES string of the molecule is Cc1c(C(F)(F)F)ccc(O)c1N. The molecule has 0 saturated carbocycles. The Morgan fingerprint density at radius 1 is 1.31 bits per heavy atom. The van der Waals surface area contributed by atoms with Gasteiger partial charge in [0.25, 0.3) is 0 Å². The highest BCUT2D eigenvalue weighted by Gasteiger charge is 2.33. The first-order valence-corrected chi connectivity index (χ1v) is 3.49. The molecule has 0 aliphatic carbocycles. The van der Waals surface area contributed by atoms with E-state index < -0.39 is 11.7 Å². The van der Waals surface area contributed by atoms with E-state index in [1.54, 1.807) is 0 Å². The van der Waals surface area contributed by atoms with Crippen LogP contribution in [0.15, 0.2) is 12.1 Å². The maximum Gasteiger partial charge on any atom is 0.416 e. The molecule has 0 amide bonds. The standard InChI is InChI=1S/C8H8F3NO/c1-4-5(8(9,10)11)2-3-6(13)7(4)12/h2-3,13H,12H2,1H3. The summed E-state index contributed by atoms with van der Waals surface area (Å²) in [4.78, 5) is 0. The number of nitrogens with two attached hydrogens (primary N) is 1. The molecule has 3 N–H and O–H groups in total. The third kappa shape index (κ3) is 1.68. The average molecular weight is 191 g/mol. The van der Waals surface area contributed by atoms with E-state index in [0.29, 0.717) is 0 Å². The Balaban J connectivity index is 3.35. The smallest absolute Gasteiger partial charge is 0.416 e. The predicted molar refractivity (Wildman–Crippen MR) is 42.3 cm³/mol. The number of nitrogen functional groups attached to an aromatic ring is 1. The summed E-state index contributed by atoms with van der Waals surface area (Å²) in [5.41, 5.74) is 4.04. The molecular formula is C8H8F3NO. The zero-order valence-electron chi connectivity index (χ0n) is 6.81. The highest BCUT2D eigenvalue weighted by Crippen LogP contribution is 2.36. The van der Waals surface area contributed by atoms with Gasteiger partial charge in [-0.1, -0.05) is 0 Å². The molecule has 0 heterocycles. The number of hydrogen-bond donors (Lipinski definition) is 2. The van der Waals surface area contributed by atoms with Gasteiger partial charge in [-0.05, 0) is 24.6 Å². The van der Waals surface area contributed by atoms with Crippen molar-refractivity contribution in [1.82, 2.24) is 0 Å². The van der Waals surface area contributed by atoms with Crippen LogP contribution >= 0.6 is 0 Å². The molecule has 0 unspecified atom stereocenters. The summed E-state index contributed by atoms with van der Waals surface area (Å²) in [6, 6.07) is 1.74. The predicted octanol–water partition coefficient (Wildman–Crippen LogP) is 2.30. The Morgan fingerprint density at radius 3 is 2.31 bits per heavy atom. The molecule has 0 bridgehead atoms. The van der Waals surface area contributed by atoms with Crippen LogP contribution in [0.3, 0.4) is 0 Å². The van der Waals surface area contributed by atoms with Crippen LogP contribution in [0.25, 0.3) is 0 Å². The van der Waals surface area contributed by atoms with E-state index in [-0.39, 0.29) is 17.0 Å². The minimum atomic E-state index is -4.42. The second kappa shape index (κ2) is 2.83. The van der Waals surface area contributed by atoms with Crippen LogP contribution in [0.2, 0.25) is 0 Å². The molecule has 72 valence electrons. The fraction of sp³-hybridized carbons (Fsp3) is 0.250. The average Bonchev–Trinajstić information content (AvgIpc) is 1.98. The summed E-state index contributed by atoms with van der Waals surface area (Å²) in [5.74, 6) is -0.328. The number of phenolic OH excluding ortho intramolecular Hbond substituents is 1. The molecule has 1 rings (SSSR count). The largest absolute Gasteiger partial charge is 0.506 e. The van der Waals surface area contributed by atoms with Crippen LogP contribution in [0.1, 0.15) is 11.1 Å². The normalized spacial score (nSPS) is 11.7. The van der Waals surface area contributed by atoms with Crippen LogP contribution in [-0.4, -0.2) is 5.11 Å². The lowest BCUT2D eigenvalue weighted by molar-refractivity contribution is -0.138. The van der Waals surface area contributed by atoms with E-state index >= 15 is 0 Å². The maximum absolute atomic E-state index is 12.2. The van der Waals surface area contributed by atoms with Crippen LogP contribution in [-0.2, 0) is 6.18 Å². The molecule has 0 aliphatic rings. The van der Waals surface area contributed by atoms with Gasteiger partial charge >= 0.3 is 6.18 Å². The van der Waals surface area contributed by atoms with Crippen molar-refractivity contribution >= 4 is 5.69 Å². The Labute approximate surface area is 72.8 Å². The van der Waals surface area contributed by atoms with E-state index in [4.69, 9.17) is 10.8 Å². The molecular weight excluding hydrogens is 183 g/mol. The first kappa shape index (κ1) is 9.70. The Kier molecular flexibility index (Phi) is 2.11. The summed E-state index contributed by atoms with van der Waals surface area (Å²) in [7, 11) is 0. The van der Waals surface area contributed by atoms with Crippen LogP contribution in [0.4, 0.5) is 18.9 Å². The van der Waals surface area contributed by atoms with Crippen LogP contribution < -0.4 is 5.73 Å². The van der Waals surface area contributed by atoms with Crippen molar-refractivity contribution in [2.45, 2.75) is 13.1 Å². The molecule has 1 aromatic carbocycles. The van der Waals surface area contributed by atoms with E-state index in [1.165, 1.54) is 6.92 Å². The Morgan fingerprint density at radius 2 is 1.85 bits per heavy atom. The lowest BCUT2D eigenvalue weighted by atomic mass is 10.1. The Bertz CT molecular complexity index is 333. The van der Waals surface area contributed by atoms with Gasteiger partial charge in [-0.3, -0.25) is 0 Å². The van der Waals surface area contributed by atoms with E-state index in [0.717, 1.165) is 12.1 Å². The monoisotopic (exact) mass is 191 g/mol. The number of benzene rings is 1. The van der Waals surface area contributed by atoms with Crippen LogP contribution in [0, 0.1) is 6.92 Å². The fourth-order valence-corrected chi connectivity index (χ4v) is 1.02. The second-order valence-corrected chi connectivity index (χ2v) is 2.67. The molecule has 0 radical (unpaired) electrons. The van der Waals surface area contributed by atoms with Crippen molar-refractivity contribution in [3.05, 3.63) is 23.3 Å². The van der Waals surface area contributed by atoms with Crippen molar-refractivity contribution in [3.63, 3.8) is 0 Å². The first-order chi connectivity index (χ1) is 5.84.